The van der Waals surface area contributed by atoms with Gasteiger partial charge in [-0.05, 0) is 0 Å². The molecule has 0 heterocycles. The smallest absolute Gasteiger partial charge is 0.338 e. The van der Waals surface area contributed by atoms with E-state index in [-0.39, 0.29) is 0 Å². The van der Waals surface area contributed by atoms with Crippen molar-refractivity contribution >= 4 is 12.1 Å². The average molecular weight is 216 g/mol. The molecule has 0 aromatic carbocycles. The first kappa shape index (κ1) is 18.9. The molecule has 0 spiro atoms. The fourth-order valence-electron chi connectivity index (χ4n) is 0.392. The fourth-order valence-corrected chi connectivity index (χ4v) is 0.392. The van der Waals surface area contributed by atoms with Crippen molar-refractivity contribution in [1.82, 2.24) is 15.5 Å². The molecule has 0 aliphatic carbocycles. The number of hydrogen-bond donors (Lipinski definition) is 2. The van der Waals surface area contributed by atoms with Crippen LogP contribution in [0.1, 0.15) is 27.7 Å². The molecule has 15 heavy (non-hydrogen) atoms. The van der Waals surface area contributed by atoms with Crippen molar-refractivity contribution in [3.63, 3.8) is 0 Å². The minimum Gasteiger partial charge on any atom is -0.341 e. The highest BCUT2D eigenvalue weighted by Crippen LogP contribution is 1.82. The van der Waals surface area contributed by atoms with Crippen molar-refractivity contribution < 1.29 is 9.59 Å². The Kier molecular flexibility index (Phi) is 18.6. The Morgan fingerprint density at radius 2 is 1.53 bits per heavy atom. The van der Waals surface area contributed by atoms with Gasteiger partial charge in [-0.3, -0.25) is 0 Å². The molecule has 6 heteroatoms. The number of amides is 4. The zero-order chi connectivity index (χ0) is 12.9. The lowest BCUT2D eigenvalue weighted by Crippen LogP contribution is -2.43. The lowest BCUT2D eigenvalue weighted by molar-refractivity contribution is 0.198. The van der Waals surface area contributed by atoms with Crippen LogP contribution in [0.3, 0.4) is 0 Å². The monoisotopic (exact) mass is 216 g/mol. The summed E-state index contributed by atoms with van der Waals surface area (Å²) in [6.07, 6.45) is 1.41. The number of nitriles is 1. The molecular formula is C9H20N4O2. The predicted molar refractivity (Wildman–Crippen MR) is 59.1 cm³/mol. The molecule has 0 aliphatic rings. The van der Waals surface area contributed by atoms with Crippen molar-refractivity contribution in [1.29, 1.82) is 5.26 Å². The number of rotatable bonds is 0. The number of carbonyl (C=O) groups is 2. The van der Waals surface area contributed by atoms with Gasteiger partial charge in [0.1, 0.15) is 0 Å². The van der Waals surface area contributed by atoms with Gasteiger partial charge in [0.15, 0.2) is 6.19 Å². The Balaban J connectivity index is -0.000000318. The van der Waals surface area contributed by atoms with E-state index in [0.29, 0.717) is 0 Å². The molecule has 0 fully saturated rings. The van der Waals surface area contributed by atoms with Crippen molar-refractivity contribution in [2.75, 3.05) is 14.1 Å². The van der Waals surface area contributed by atoms with Crippen molar-refractivity contribution in [2.24, 2.45) is 0 Å². The van der Waals surface area contributed by atoms with Gasteiger partial charge < -0.3 is 5.32 Å². The maximum atomic E-state index is 10.7. The molecule has 0 bridgehead atoms. The minimum absolute atomic E-state index is 0.572. The van der Waals surface area contributed by atoms with E-state index >= 15 is 0 Å². The molecule has 0 aliphatic heterocycles. The second kappa shape index (κ2) is 14.7. The standard InChI is InChI=1S/C5H8N4O2.2C2H6/c1-7-4(10)9(2)5(11)8-3-6;2*1-2/h1-2H3,(H,7,10)(H,8,11);2*1-2H3. The third kappa shape index (κ3) is 10.1. The molecule has 0 atom stereocenters. The van der Waals surface area contributed by atoms with Crippen LogP contribution in [-0.2, 0) is 0 Å². The van der Waals surface area contributed by atoms with Crippen LogP contribution in [0.4, 0.5) is 9.59 Å². The second-order valence-corrected chi connectivity index (χ2v) is 1.66. The SMILES string of the molecule is CC.CC.CNC(=O)N(C)C(=O)NC#N. The van der Waals surface area contributed by atoms with Crippen molar-refractivity contribution in [3.8, 4) is 6.19 Å². The van der Waals surface area contributed by atoms with E-state index in [1.807, 2.05) is 27.7 Å². The van der Waals surface area contributed by atoms with Crippen LogP contribution in [0, 0.1) is 11.5 Å². The van der Waals surface area contributed by atoms with Gasteiger partial charge >= 0.3 is 12.1 Å². The lowest BCUT2D eigenvalue weighted by Gasteiger charge is -2.11. The normalized spacial score (nSPS) is 6.47. The third-order valence-corrected chi connectivity index (χ3v) is 0.986. The van der Waals surface area contributed by atoms with E-state index < -0.39 is 12.1 Å². The molecule has 0 rings (SSSR count). The molecule has 0 saturated heterocycles. The number of nitrogens with zero attached hydrogens (tertiary/aromatic N) is 2. The summed E-state index contributed by atoms with van der Waals surface area (Å²) < 4.78 is 0. The third-order valence-electron chi connectivity index (χ3n) is 0.986. The van der Waals surface area contributed by atoms with Gasteiger partial charge in [0, 0.05) is 14.1 Å². The topological polar surface area (TPSA) is 85.2 Å². The summed E-state index contributed by atoms with van der Waals surface area (Å²) in [6, 6.07) is -1.33. The summed E-state index contributed by atoms with van der Waals surface area (Å²) in [6.45, 7) is 8.00. The van der Waals surface area contributed by atoms with E-state index in [2.05, 4.69) is 5.32 Å². The molecule has 0 aromatic heterocycles. The highest BCUT2D eigenvalue weighted by Gasteiger charge is 2.13. The molecule has 88 valence electrons. The maximum absolute atomic E-state index is 10.7. The van der Waals surface area contributed by atoms with Crippen LogP contribution < -0.4 is 10.6 Å². The zero-order valence-electron chi connectivity index (χ0n) is 10.2. The molecule has 0 aromatic rings. The Morgan fingerprint density at radius 3 is 1.80 bits per heavy atom. The molecule has 0 unspecified atom stereocenters. The average Bonchev–Trinajstić information content (AvgIpc) is 2.32. The van der Waals surface area contributed by atoms with Crippen LogP contribution in [0.25, 0.3) is 0 Å². The summed E-state index contributed by atoms with van der Waals surface area (Å²) >= 11 is 0. The Labute approximate surface area is 91.2 Å². The zero-order valence-corrected chi connectivity index (χ0v) is 10.2. The number of imide groups is 1. The molecule has 0 saturated carbocycles. The van der Waals surface area contributed by atoms with Crippen LogP contribution in [-0.4, -0.2) is 31.1 Å². The molecule has 4 amide bonds. The molecule has 6 nitrogen and oxygen atoms in total. The van der Waals surface area contributed by atoms with Gasteiger partial charge in [0.25, 0.3) is 0 Å². The number of urea groups is 2. The summed E-state index contributed by atoms with van der Waals surface area (Å²) in [7, 11) is 2.64. The first-order valence-electron chi connectivity index (χ1n) is 4.78. The first-order chi connectivity index (χ1) is 7.13. The minimum atomic E-state index is -0.758. The number of nitrogens with one attached hydrogen (secondary N) is 2. The van der Waals surface area contributed by atoms with Crippen molar-refractivity contribution in [2.45, 2.75) is 27.7 Å². The van der Waals surface area contributed by atoms with E-state index in [1.165, 1.54) is 20.3 Å². The van der Waals surface area contributed by atoms with Crippen LogP contribution >= 0.6 is 0 Å². The van der Waals surface area contributed by atoms with Gasteiger partial charge in [-0.15, -0.1) is 0 Å². The summed E-state index contributed by atoms with van der Waals surface area (Å²) in [5.74, 6) is 0. The first-order valence-corrected chi connectivity index (χ1v) is 4.78. The predicted octanol–water partition coefficient (Wildman–Crippen LogP) is 1.50. The highest BCUT2D eigenvalue weighted by molar-refractivity contribution is 5.93. The second-order valence-electron chi connectivity index (χ2n) is 1.66. The number of carbonyl (C=O) groups excluding carboxylic acids is 2. The Hall–Kier alpha value is -1.77. The van der Waals surface area contributed by atoms with Gasteiger partial charge in [0.2, 0.25) is 0 Å². The number of hydrogen-bond acceptors (Lipinski definition) is 3. The molecule has 2 N–H and O–H groups in total. The largest absolute Gasteiger partial charge is 0.341 e. The van der Waals surface area contributed by atoms with Crippen LogP contribution in [0.5, 0.6) is 0 Å². The summed E-state index contributed by atoms with van der Waals surface area (Å²) in [5, 5.41) is 12.0. The van der Waals surface area contributed by atoms with Crippen molar-refractivity contribution in [3.05, 3.63) is 0 Å². The van der Waals surface area contributed by atoms with E-state index in [0.717, 1.165) is 4.90 Å². The summed E-state index contributed by atoms with van der Waals surface area (Å²) in [5.41, 5.74) is 0. The van der Waals surface area contributed by atoms with Gasteiger partial charge in [-0.1, -0.05) is 27.7 Å². The molecular weight excluding hydrogens is 196 g/mol. The van der Waals surface area contributed by atoms with E-state index in [9.17, 15) is 9.59 Å². The lowest BCUT2D eigenvalue weighted by atomic mass is 10.7. The molecule has 0 radical (unpaired) electrons. The Morgan fingerprint density at radius 1 is 1.13 bits per heavy atom. The van der Waals surface area contributed by atoms with Crippen LogP contribution in [0.15, 0.2) is 0 Å². The summed E-state index contributed by atoms with van der Waals surface area (Å²) in [4.78, 5) is 22.1. The quantitative estimate of drug-likeness (QED) is 0.475. The Bertz CT molecular complexity index is 211. The highest BCUT2D eigenvalue weighted by atomic mass is 16.2. The van der Waals surface area contributed by atoms with Gasteiger partial charge in [-0.2, -0.15) is 5.26 Å². The van der Waals surface area contributed by atoms with Crippen LogP contribution in [0.2, 0.25) is 0 Å². The maximum Gasteiger partial charge on any atom is 0.338 e. The fraction of sp³-hybridized carbons (Fsp3) is 0.667. The van der Waals surface area contributed by atoms with E-state index in [1.54, 1.807) is 5.32 Å². The van der Waals surface area contributed by atoms with E-state index in [4.69, 9.17) is 5.26 Å². The van der Waals surface area contributed by atoms with Gasteiger partial charge in [-0.25, -0.2) is 19.8 Å². The van der Waals surface area contributed by atoms with Gasteiger partial charge in [0.05, 0.1) is 0 Å².